The van der Waals surface area contributed by atoms with Crippen molar-refractivity contribution in [2.75, 3.05) is 0 Å². The van der Waals surface area contributed by atoms with Crippen LogP contribution in [0.2, 0.25) is 0 Å². The molecule has 4 rings (SSSR count). The first kappa shape index (κ1) is 19.5. The number of nitrogens with zero attached hydrogens (tertiary/aromatic N) is 1. The van der Waals surface area contributed by atoms with Crippen molar-refractivity contribution in [3.05, 3.63) is 80.4 Å². The minimum absolute atomic E-state index is 0.187. The monoisotopic (exact) mass is 513 g/mol. The molecule has 3 aromatic rings. The van der Waals surface area contributed by atoms with Gasteiger partial charge in [0.1, 0.15) is 0 Å². The van der Waals surface area contributed by atoms with E-state index in [1.807, 2.05) is 42.5 Å². The molecule has 29 heavy (non-hydrogen) atoms. The van der Waals surface area contributed by atoms with Crippen LogP contribution in [0.1, 0.15) is 18.1 Å². The van der Waals surface area contributed by atoms with Gasteiger partial charge in [0, 0.05) is 12.5 Å². The van der Waals surface area contributed by atoms with Crippen LogP contribution in [0.25, 0.3) is 16.8 Å². The first-order chi connectivity index (χ1) is 13.9. The zero-order valence-corrected chi connectivity index (χ0v) is 18.3. The Balaban J connectivity index is 1.73. The highest BCUT2D eigenvalue weighted by molar-refractivity contribution is 9.11. The Morgan fingerprint density at radius 1 is 1.07 bits per heavy atom. The van der Waals surface area contributed by atoms with Gasteiger partial charge in [-0.05, 0) is 72.5 Å². The molecule has 1 aliphatic heterocycles. The van der Waals surface area contributed by atoms with E-state index in [0.717, 1.165) is 16.3 Å². The Morgan fingerprint density at radius 3 is 2.48 bits per heavy atom. The summed E-state index contributed by atoms with van der Waals surface area (Å²) in [5.74, 6) is -0.313. The standard InChI is InChI=1S/C22H13Br2NO4/c1-12(26)28-20-17(23)9-13(10-18(20)24)11-19-22(27)29-21(25-19)16-8-4-6-14-5-2-3-7-15(14)16/h2-11H,1H3/b19-11+. The summed E-state index contributed by atoms with van der Waals surface area (Å²) in [7, 11) is 0. The van der Waals surface area contributed by atoms with Crippen LogP contribution in [0.5, 0.6) is 5.75 Å². The zero-order chi connectivity index (χ0) is 20.5. The molecule has 144 valence electrons. The summed E-state index contributed by atoms with van der Waals surface area (Å²) in [6, 6.07) is 17.1. The molecule has 0 unspecified atom stereocenters. The van der Waals surface area contributed by atoms with Crippen LogP contribution < -0.4 is 4.74 Å². The van der Waals surface area contributed by atoms with Crippen molar-refractivity contribution in [1.29, 1.82) is 0 Å². The lowest BCUT2D eigenvalue weighted by molar-refractivity contribution is -0.132. The van der Waals surface area contributed by atoms with Crippen molar-refractivity contribution in [2.45, 2.75) is 6.92 Å². The summed E-state index contributed by atoms with van der Waals surface area (Å²) in [5, 5.41) is 1.99. The Labute approximate surface area is 183 Å². The Kier molecular flexibility index (Phi) is 5.34. The second-order valence-electron chi connectivity index (χ2n) is 6.27. The maximum atomic E-state index is 12.4. The van der Waals surface area contributed by atoms with Crippen molar-refractivity contribution in [3.8, 4) is 5.75 Å². The van der Waals surface area contributed by atoms with E-state index in [-0.39, 0.29) is 11.6 Å². The highest BCUT2D eigenvalue weighted by Crippen LogP contribution is 2.36. The second kappa shape index (κ2) is 7.93. The summed E-state index contributed by atoms with van der Waals surface area (Å²) in [6.45, 7) is 1.33. The zero-order valence-electron chi connectivity index (χ0n) is 15.1. The molecule has 1 aliphatic rings. The summed E-state index contributed by atoms with van der Waals surface area (Å²) in [5.41, 5.74) is 1.63. The van der Waals surface area contributed by atoms with Gasteiger partial charge in [-0.15, -0.1) is 0 Å². The summed E-state index contributed by atoms with van der Waals surface area (Å²) in [6.07, 6.45) is 1.62. The number of esters is 2. The number of hydrogen-bond donors (Lipinski definition) is 0. The first-order valence-corrected chi connectivity index (χ1v) is 10.2. The Bertz CT molecular complexity index is 1200. The van der Waals surface area contributed by atoms with Crippen molar-refractivity contribution in [1.82, 2.24) is 0 Å². The van der Waals surface area contributed by atoms with Gasteiger partial charge in [-0.3, -0.25) is 4.79 Å². The number of aliphatic imine (C=N–C) groups is 1. The fourth-order valence-corrected chi connectivity index (χ4v) is 4.38. The van der Waals surface area contributed by atoms with Gasteiger partial charge in [0.15, 0.2) is 11.4 Å². The Morgan fingerprint density at radius 2 is 1.76 bits per heavy atom. The normalized spacial score (nSPS) is 14.8. The van der Waals surface area contributed by atoms with Crippen molar-refractivity contribution in [3.63, 3.8) is 0 Å². The molecule has 7 heteroatoms. The quantitative estimate of drug-likeness (QED) is 0.258. The van der Waals surface area contributed by atoms with Crippen LogP contribution >= 0.6 is 31.9 Å². The minimum atomic E-state index is -0.524. The molecule has 0 atom stereocenters. The number of cyclic esters (lactones) is 1. The largest absolute Gasteiger partial charge is 0.424 e. The van der Waals surface area contributed by atoms with Crippen molar-refractivity contribution in [2.24, 2.45) is 4.99 Å². The molecule has 5 nitrogen and oxygen atoms in total. The molecule has 0 aliphatic carbocycles. The van der Waals surface area contributed by atoms with Gasteiger partial charge in [0.2, 0.25) is 5.90 Å². The third-order valence-electron chi connectivity index (χ3n) is 4.21. The summed E-state index contributed by atoms with van der Waals surface area (Å²) in [4.78, 5) is 28.0. The average molecular weight is 515 g/mol. The van der Waals surface area contributed by atoms with E-state index in [4.69, 9.17) is 9.47 Å². The third kappa shape index (κ3) is 4.02. The fourth-order valence-electron chi connectivity index (χ4n) is 3.00. The molecule has 0 aromatic heterocycles. The SMILES string of the molecule is CC(=O)Oc1c(Br)cc(/C=C2/N=C(c3cccc4ccccc34)OC2=O)cc1Br. The van der Waals surface area contributed by atoms with E-state index >= 15 is 0 Å². The molecule has 3 aromatic carbocycles. The summed E-state index contributed by atoms with van der Waals surface area (Å²) < 4.78 is 11.7. The van der Waals surface area contributed by atoms with Gasteiger partial charge in [0.05, 0.1) is 8.95 Å². The molecule has 1 heterocycles. The van der Waals surface area contributed by atoms with Gasteiger partial charge in [0.25, 0.3) is 0 Å². The second-order valence-corrected chi connectivity index (χ2v) is 7.98. The molecule has 0 saturated heterocycles. The van der Waals surface area contributed by atoms with Crippen LogP contribution in [-0.2, 0) is 14.3 Å². The predicted octanol–water partition coefficient (Wildman–Crippen LogP) is 5.63. The smallest absolute Gasteiger partial charge is 0.363 e. The molecule has 0 amide bonds. The lowest BCUT2D eigenvalue weighted by Crippen LogP contribution is -2.06. The maximum Gasteiger partial charge on any atom is 0.363 e. The lowest BCUT2D eigenvalue weighted by atomic mass is 10.0. The minimum Gasteiger partial charge on any atom is -0.424 e. The van der Waals surface area contributed by atoms with Gasteiger partial charge in [-0.1, -0.05) is 36.4 Å². The number of carbonyl (C=O) groups is 2. The predicted molar refractivity (Wildman–Crippen MR) is 118 cm³/mol. The van der Waals surface area contributed by atoms with Gasteiger partial charge >= 0.3 is 11.9 Å². The highest BCUT2D eigenvalue weighted by Gasteiger charge is 2.25. The van der Waals surface area contributed by atoms with Crippen LogP contribution in [-0.4, -0.2) is 17.8 Å². The molecule has 0 saturated carbocycles. The van der Waals surface area contributed by atoms with Crippen LogP contribution in [0.15, 0.2) is 74.2 Å². The number of benzene rings is 3. The van der Waals surface area contributed by atoms with E-state index in [1.54, 1.807) is 18.2 Å². The van der Waals surface area contributed by atoms with E-state index < -0.39 is 11.9 Å². The third-order valence-corrected chi connectivity index (χ3v) is 5.39. The summed E-state index contributed by atoms with van der Waals surface area (Å²) >= 11 is 6.76. The van der Waals surface area contributed by atoms with Gasteiger partial charge in [-0.25, -0.2) is 9.79 Å². The Hall–Kier alpha value is -2.77. The average Bonchev–Trinajstić information content (AvgIpc) is 3.04. The molecule has 0 radical (unpaired) electrons. The van der Waals surface area contributed by atoms with Crippen LogP contribution in [0.3, 0.4) is 0 Å². The molecular formula is C22H13Br2NO4. The van der Waals surface area contributed by atoms with E-state index in [9.17, 15) is 9.59 Å². The van der Waals surface area contributed by atoms with Gasteiger partial charge < -0.3 is 9.47 Å². The molecule has 0 N–H and O–H groups in total. The van der Waals surface area contributed by atoms with Gasteiger partial charge in [-0.2, -0.15) is 0 Å². The number of ether oxygens (including phenoxy) is 2. The fraction of sp³-hybridized carbons (Fsp3) is 0.0455. The number of halogens is 2. The van der Waals surface area contributed by atoms with E-state index in [2.05, 4.69) is 36.9 Å². The number of rotatable bonds is 3. The topological polar surface area (TPSA) is 65.0 Å². The van der Waals surface area contributed by atoms with E-state index in [1.165, 1.54) is 6.92 Å². The van der Waals surface area contributed by atoms with Crippen molar-refractivity contribution < 1.29 is 19.1 Å². The number of hydrogen-bond acceptors (Lipinski definition) is 5. The number of fused-ring (bicyclic) bond motifs is 1. The van der Waals surface area contributed by atoms with Crippen LogP contribution in [0.4, 0.5) is 0 Å². The lowest BCUT2D eigenvalue weighted by Gasteiger charge is -2.08. The highest BCUT2D eigenvalue weighted by atomic mass is 79.9. The first-order valence-electron chi connectivity index (χ1n) is 8.60. The van der Waals surface area contributed by atoms with Crippen molar-refractivity contribution >= 4 is 66.5 Å². The van der Waals surface area contributed by atoms with Crippen LogP contribution in [0, 0.1) is 0 Å². The maximum absolute atomic E-state index is 12.4. The molecule has 0 bridgehead atoms. The molecular weight excluding hydrogens is 502 g/mol. The number of carbonyl (C=O) groups excluding carboxylic acids is 2. The molecule has 0 spiro atoms. The molecule has 0 fully saturated rings. The van der Waals surface area contributed by atoms with E-state index in [0.29, 0.717) is 20.3 Å².